The first-order valence-electron chi connectivity index (χ1n) is 17.1. The summed E-state index contributed by atoms with van der Waals surface area (Å²) in [5, 5.41) is 8.80. The maximum absolute atomic E-state index is 14.1. The van der Waals surface area contributed by atoms with Crippen molar-refractivity contribution in [1.29, 1.82) is 0 Å². The molecule has 6 rings (SSSR count). The number of carbonyl (C=O) groups is 3. The monoisotopic (exact) mass is 728 g/mol. The summed E-state index contributed by atoms with van der Waals surface area (Å²) in [4.78, 5) is 62.7. The highest BCUT2D eigenvalue weighted by Crippen LogP contribution is 2.33. The number of halogens is 1. The minimum absolute atomic E-state index is 0. The minimum atomic E-state index is -0.278. The SMILES string of the molecule is COc1cc2[nH]c3c(C(=O)NCCN(C)C)ccc(NCCCN(C)CCCN4C(=O)c5cccc6cccc(c56)C4=O)c3c(=O)c2cc1OC.Cl. The topological polar surface area (TPSA) is 136 Å². The summed E-state index contributed by atoms with van der Waals surface area (Å²) < 4.78 is 10.9. The highest BCUT2D eigenvalue weighted by molar-refractivity contribution is 6.25. The number of rotatable bonds is 15. The molecule has 3 N–H and O–H groups in total. The summed E-state index contributed by atoms with van der Waals surface area (Å²) in [5.41, 5.74) is 2.85. The zero-order valence-corrected chi connectivity index (χ0v) is 30.9. The second-order valence-electron chi connectivity index (χ2n) is 13.1. The van der Waals surface area contributed by atoms with Gasteiger partial charge in [0.15, 0.2) is 16.9 Å². The first-order valence-corrected chi connectivity index (χ1v) is 17.1. The highest BCUT2D eigenvalue weighted by atomic mass is 35.5. The molecule has 0 radical (unpaired) electrons. The Morgan fingerprint density at radius 2 is 1.46 bits per heavy atom. The Kier molecular flexibility index (Phi) is 12.0. The second kappa shape index (κ2) is 16.4. The summed E-state index contributed by atoms with van der Waals surface area (Å²) in [6.45, 7) is 3.48. The second-order valence-corrected chi connectivity index (χ2v) is 13.1. The number of imide groups is 1. The quantitative estimate of drug-likeness (QED) is 0.0775. The Bertz CT molecular complexity index is 2150. The fourth-order valence-corrected chi connectivity index (χ4v) is 6.70. The third kappa shape index (κ3) is 7.55. The molecule has 0 bridgehead atoms. The number of nitrogens with one attached hydrogen (secondary N) is 3. The van der Waals surface area contributed by atoms with Gasteiger partial charge >= 0.3 is 0 Å². The van der Waals surface area contributed by atoms with Gasteiger partial charge in [0.25, 0.3) is 17.7 Å². The maximum Gasteiger partial charge on any atom is 0.261 e. The number of H-pyrrole nitrogens is 1. The predicted molar refractivity (Wildman–Crippen MR) is 208 cm³/mol. The number of amides is 3. The third-order valence-corrected chi connectivity index (χ3v) is 9.36. The number of hydrogen-bond acceptors (Lipinski definition) is 9. The van der Waals surface area contributed by atoms with Gasteiger partial charge in [-0.1, -0.05) is 24.3 Å². The Balaban J connectivity index is 0.00000523. The molecule has 0 saturated carbocycles. The molecule has 1 aromatic heterocycles. The van der Waals surface area contributed by atoms with Crippen molar-refractivity contribution in [3.05, 3.63) is 87.6 Å². The van der Waals surface area contributed by atoms with E-state index in [1.807, 2.05) is 50.3 Å². The number of hydrogen-bond donors (Lipinski definition) is 3. The normalized spacial score (nSPS) is 12.6. The lowest BCUT2D eigenvalue weighted by molar-refractivity contribution is 0.0604. The molecule has 1 aliphatic rings. The van der Waals surface area contributed by atoms with Gasteiger partial charge in [0.1, 0.15) is 0 Å². The third-order valence-electron chi connectivity index (χ3n) is 9.36. The van der Waals surface area contributed by atoms with Gasteiger partial charge < -0.3 is 34.9 Å². The number of carbonyl (C=O) groups excluding carboxylic acids is 3. The molecule has 0 fully saturated rings. The van der Waals surface area contributed by atoms with Crippen LogP contribution in [0.15, 0.2) is 65.5 Å². The van der Waals surface area contributed by atoms with Crippen molar-refractivity contribution in [1.82, 2.24) is 25.0 Å². The van der Waals surface area contributed by atoms with Crippen LogP contribution in [0, 0.1) is 0 Å². The number of fused-ring (bicyclic) bond motifs is 2. The van der Waals surface area contributed by atoms with Crippen LogP contribution in [0.25, 0.3) is 32.6 Å². The molecule has 12 nitrogen and oxygen atoms in total. The Hall–Kier alpha value is -5.17. The van der Waals surface area contributed by atoms with Crippen molar-refractivity contribution in [2.75, 3.05) is 79.9 Å². The summed E-state index contributed by atoms with van der Waals surface area (Å²) in [5.74, 6) is 0.120. The van der Waals surface area contributed by atoms with E-state index in [2.05, 4.69) is 20.5 Å². The van der Waals surface area contributed by atoms with Crippen molar-refractivity contribution in [2.45, 2.75) is 12.8 Å². The van der Waals surface area contributed by atoms with E-state index >= 15 is 0 Å². The Morgan fingerprint density at radius 3 is 2.12 bits per heavy atom. The van der Waals surface area contributed by atoms with Crippen LogP contribution in [0.1, 0.15) is 43.9 Å². The lowest BCUT2D eigenvalue weighted by atomic mass is 9.94. The lowest BCUT2D eigenvalue weighted by Crippen LogP contribution is -2.41. The van der Waals surface area contributed by atoms with Gasteiger partial charge in [-0.25, -0.2) is 0 Å². The minimum Gasteiger partial charge on any atom is -0.493 e. The number of aromatic nitrogens is 1. The molecule has 274 valence electrons. The molecule has 1 aliphatic heterocycles. The van der Waals surface area contributed by atoms with Gasteiger partial charge in [-0.2, -0.15) is 0 Å². The number of anilines is 1. The zero-order valence-electron chi connectivity index (χ0n) is 30.1. The van der Waals surface area contributed by atoms with Gasteiger partial charge in [0.2, 0.25) is 0 Å². The molecule has 2 heterocycles. The van der Waals surface area contributed by atoms with E-state index in [-0.39, 0.29) is 35.6 Å². The van der Waals surface area contributed by atoms with Crippen LogP contribution in [0.2, 0.25) is 0 Å². The fourth-order valence-electron chi connectivity index (χ4n) is 6.70. The number of nitrogens with zero attached hydrogens (tertiary/aromatic N) is 3. The van der Waals surface area contributed by atoms with Gasteiger partial charge in [0, 0.05) is 54.4 Å². The molecule has 13 heteroatoms. The summed E-state index contributed by atoms with van der Waals surface area (Å²) in [6.07, 6.45) is 1.40. The lowest BCUT2D eigenvalue weighted by Gasteiger charge is -2.28. The highest BCUT2D eigenvalue weighted by Gasteiger charge is 2.32. The van der Waals surface area contributed by atoms with Crippen molar-refractivity contribution >= 4 is 68.4 Å². The fraction of sp³-hybridized carbons (Fsp3) is 0.333. The summed E-state index contributed by atoms with van der Waals surface area (Å²) >= 11 is 0. The number of likely N-dealkylation sites (N-methyl/N-ethyl adjacent to an activating group) is 1. The number of benzene rings is 4. The van der Waals surface area contributed by atoms with Crippen molar-refractivity contribution < 1.29 is 23.9 Å². The zero-order chi connectivity index (χ0) is 36.2. The molecule has 0 unspecified atom stereocenters. The van der Waals surface area contributed by atoms with Crippen molar-refractivity contribution in [3.63, 3.8) is 0 Å². The summed E-state index contributed by atoms with van der Waals surface area (Å²) in [7, 11) is 8.93. The van der Waals surface area contributed by atoms with Gasteiger partial charge in [-0.3, -0.25) is 24.1 Å². The average Bonchev–Trinajstić information content (AvgIpc) is 3.12. The van der Waals surface area contributed by atoms with Crippen LogP contribution in [0.3, 0.4) is 0 Å². The summed E-state index contributed by atoms with van der Waals surface area (Å²) in [6, 6.07) is 18.0. The maximum atomic E-state index is 14.1. The Labute approximate surface area is 308 Å². The smallest absolute Gasteiger partial charge is 0.261 e. The van der Waals surface area contributed by atoms with Gasteiger partial charge in [-0.05, 0) is 82.8 Å². The number of aromatic amines is 1. The van der Waals surface area contributed by atoms with E-state index in [1.54, 1.807) is 36.4 Å². The van der Waals surface area contributed by atoms with Crippen LogP contribution in [0.4, 0.5) is 5.69 Å². The van der Waals surface area contributed by atoms with Crippen molar-refractivity contribution in [3.8, 4) is 11.5 Å². The molecule has 3 amide bonds. The molecule has 5 aromatic rings. The molecule has 4 aromatic carbocycles. The largest absolute Gasteiger partial charge is 0.493 e. The molecule has 0 spiro atoms. The van der Waals surface area contributed by atoms with Crippen molar-refractivity contribution in [2.24, 2.45) is 0 Å². The Morgan fingerprint density at radius 1 is 0.808 bits per heavy atom. The van der Waals surface area contributed by atoms with Crippen LogP contribution in [-0.4, -0.2) is 112 Å². The number of ether oxygens (including phenoxy) is 2. The predicted octanol–water partition coefficient (Wildman–Crippen LogP) is 4.99. The number of methoxy groups -OCH3 is 2. The van der Waals surface area contributed by atoms with E-state index < -0.39 is 0 Å². The van der Waals surface area contributed by atoms with E-state index in [4.69, 9.17) is 9.47 Å². The van der Waals surface area contributed by atoms with E-state index in [1.165, 1.54) is 19.1 Å². The first kappa shape index (κ1) is 38.1. The van der Waals surface area contributed by atoms with Crippen LogP contribution in [0.5, 0.6) is 11.5 Å². The van der Waals surface area contributed by atoms with Gasteiger partial charge in [-0.15, -0.1) is 12.4 Å². The van der Waals surface area contributed by atoms with Gasteiger partial charge in [0.05, 0.1) is 41.6 Å². The molecule has 0 saturated heterocycles. The van der Waals surface area contributed by atoms with E-state index in [9.17, 15) is 19.2 Å². The molecule has 52 heavy (non-hydrogen) atoms. The number of pyridine rings is 1. The molecular formula is C39H45ClN6O6. The molecular weight excluding hydrogens is 684 g/mol. The standard InChI is InChI=1S/C39H44N6O6.ClH/c1-43(2)21-17-41-37(47)27-14-15-29(34-35(27)42-30-23-32(51-5)31(50-4)22-28(30)36(34)46)40-16-8-18-44(3)19-9-20-45-38(48)25-12-6-10-24-11-7-13-26(33(24)25)39(45)49;/h6-7,10-15,22-23,40H,8-9,16-21H2,1-5H3,(H,41,47)(H,42,46);1H. The van der Waals surface area contributed by atoms with E-state index in [0.29, 0.717) is 94.8 Å². The molecule has 0 aliphatic carbocycles. The van der Waals surface area contributed by atoms with Crippen LogP contribution >= 0.6 is 12.4 Å². The molecule has 0 atom stereocenters. The first-order chi connectivity index (χ1) is 24.6. The average molecular weight is 729 g/mol. The van der Waals surface area contributed by atoms with Crippen LogP contribution < -0.4 is 25.5 Å². The van der Waals surface area contributed by atoms with Crippen LogP contribution in [-0.2, 0) is 0 Å². The van der Waals surface area contributed by atoms with E-state index in [0.717, 1.165) is 23.7 Å².